The summed E-state index contributed by atoms with van der Waals surface area (Å²) in [5.74, 6) is 0.340. The van der Waals surface area contributed by atoms with Gasteiger partial charge in [-0.05, 0) is 39.0 Å². The predicted molar refractivity (Wildman–Crippen MR) is 153 cm³/mol. The highest BCUT2D eigenvalue weighted by Crippen LogP contribution is 2.22. The molecule has 0 aromatic heterocycles. The van der Waals surface area contributed by atoms with Gasteiger partial charge in [-0.25, -0.2) is 0 Å². The highest BCUT2D eigenvalue weighted by Gasteiger charge is 2.23. The molecule has 0 saturated carbocycles. The Balaban J connectivity index is 4.16. The molecule has 0 rings (SSSR count). The highest BCUT2D eigenvalue weighted by atomic mass is 32.2. The van der Waals surface area contributed by atoms with Gasteiger partial charge in [0, 0.05) is 44.1 Å². The fourth-order valence-corrected chi connectivity index (χ4v) is 5.19. The summed E-state index contributed by atoms with van der Waals surface area (Å²) in [7, 11) is 1.55. The first-order valence-corrected chi connectivity index (χ1v) is 15.7. The van der Waals surface area contributed by atoms with Gasteiger partial charge in [0.05, 0.1) is 30.0 Å². The van der Waals surface area contributed by atoms with E-state index in [0.717, 1.165) is 25.7 Å². The number of thioether (sulfide) groups is 2. The summed E-state index contributed by atoms with van der Waals surface area (Å²) >= 11 is 2.52. The number of aliphatic hydroxyl groups excluding tert-OH is 2. The number of ketones is 2. The van der Waals surface area contributed by atoms with Gasteiger partial charge in [-0.15, -0.1) is 23.5 Å². The molecule has 10 nitrogen and oxygen atoms in total. The molecule has 0 aliphatic heterocycles. The van der Waals surface area contributed by atoms with Crippen molar-refractivity contribution >= 4 is 52.8 Å². The number of unbranched alkanes of at least 4 members (excludes halogenated alkanes) is 2. The van der Waals surface area contributed by atoms with Gasteiger partial charge >= 0.3 is 0 Å². The van der Waals surface area contributed by atoms with Crippen molar-refractivity contribution in [3.8, 4) is 0 Å². The Morgan fingerprint density at radius 3 is 1.82 bits per heavy atom. The molecule has 5 N–H and O–H groups in total. The molecular weight excluding hydrogens is 530 g/mol. The number of Topliss-reactive ketones (excluding diaryl/α,β-unsaturated/α-hetero) is 2. The summed E-state index contributed by atoms with van der Waals surface area (Å²) in [6, 6.07) is 0. The highest BCUT2D eigenvalue weighted by molar-refractivity contribution is 8.00. The van der Waals surface area contributed by atoms with Gasteiger partial charge in [0.15, 0.2) is 0 Å². The molecule has 0 aliphatic carbocycles. The molecule has 38 heavy (non-hydrogen) atoms. The molecular formula is C26H47N3O7S2. The molecule has 0 aromatic carbocycles. The summed E-state index contributed by atoms with van der Waals surface area (Å²) in [5.41, 5.74) is 0. The van der Waals surface area contributed by atoms with Gasteiger partial charge in [0.25, 0.3) is 0 Å². The molecule has 0 saturated heterocycles. The second kappa shape index (κ2) is 23.3. The Morgan fingerprint density at radius 2 is 1.32 bits per heavy atom. The summed E-state index contributed by atoms with van der Waals surface area (Å²) in [5, 5.41) is 26.2. The van der Waals surface area contributed by atoms with Crippen molar-refractivity contribution in [2.75, 3.05) is 49.8 Å². The second-order valence-electron chi connectivity index (χ2n) is 9.29. The van der Waals surface area contributed by atoms with E-state index in [1.165, 1.54) is 30.4 Å². The van der Waals surface area contributed by atoms with Crippen molar-refractivity contribution in [3.63, 3.8) is 0 Å². The van der Waals surface area contributed by atoms with Crippen LogP contribution in [0.4, 0.5) is 0 Å². The number of carbonyl (C=O) groups excluding carboxylic acids is 5. The van der Waals surface area contributed by atoms with E-state index in [0.29, 0.717) is 38.1 Å². The van der Waals surface area contributed by atoms with Crippen LogP contribution >= 0.6 is 23.5 Å². The molecule has 220 valence electrons. The minimum atomic E-state index is -0.816. The van der Waals surface area contributed by atoms with Gasteiger partial charge in [-0.1, -0.05) is 19.8 Å². The largest absolute Gasteiger partial charge is 0.394 e. The van der Waals surface area contributed by atoms with E-state index in [9.17, 15) is 29.1 Å². The molecule has 1 unspecified atom stereocenters. The monoisotopic (exact) mass is 577 g/mol. The predicted octanol–water partition coefficient (Wildman–Crippen LogP) is 1.32. The zero-order valence-electron chi connectivity index (χ0n) is 23.1. The quantitative estimate of drug-likeness (QED) is 0.107. The number of amides is 3. The van der Waals surface area contributed by atoms with Crippen LogP contribution in [-0.2, 0) is 24.0 Å². The minimum Gasteiger partial charge on any atom is -0.394 e. The molecule has 0 aromatic rings. The summed E-state index contributed by atoms with van der Waals surface area (Å²) in [4.78, 5) is 59.7. The normalized spacial score (nSPS) is 13.3. The average molecular weight is 578 g/mol. The first kappa shape index (κ1) is 36.4. The summed E-state index contributed by atoms with van der Waals surface area (Å²) in [6.07, 6.45) is 4.47. The van der Waals surface area contributed by atoms with Crippen LogP contribution in [0.2, 0.25) is 0 Å². The van der Waals surface area contributed by atoms with Crippen LogP contribution in [0.3, 0.4) is 0 Å². The first-order chi connectivity index (χ1) is 18.1. The van der Waals surface area contributed by atoms with Gasteiger partial charge in [0.1, 0.15) is 11.6 Å². The van der Waals surface area contributed by atoms with Crippen molar-refractivity contribution in [1.82, 2.24) is 16.0 Å². The second-order valence-corrected chi connectivity index (χ2v) is 11.3. The number of carbonyl (C=O) groups is 5. The third-order valence-corrected chi connectivity index (χ3v) is 8.09. The fraction of sp³-hybridized carbons (Fsp3) is 0.808. The minimum absolute atomic E-state index is 0.00919. The lowest BCUT2D eigenvalue weighted by Gasteiger charge is -2.18. The van der Waals surface area contributed by atoms with Crippen LogP contribution in [0.15, 0.2) is 0 Å². The van der Waals surface area contributed by atoms with E-state index >= 15 is 0 Å². The van der Waals surface area contributed by atoms with Crippen LogP contribution in [0.5, 0.6) is 0 Å². The van der Waals surface area contributed by atoms with Crippen LogP contribution in [0, 0.1) is 11.8 Å². The zero-order chi connectivity index (χ0) is 28.8. The lowest BCUT2D eigenvalue weighted by atomic mass is 9.85. The van der Waals surface area contributed by atoms with Gasteiger partial charge < -0.3 is 26.2 Å². The number of hydrogen-bond donors (Lipinski definition) is 5. The summed E-state index contributed by atoms with van der Waals surface area (Å²) < 4.78 is 0. The summed E-state index contributed by atoms with van der Waals surface area (Å²) in [6.45, 7) is 4.19. The molecule has 0 fully saturated rings. The Morgan fingerprint density at radius 1 is 0.789 bits per heavy atom. The number of rotatable bonds is 24. The smallest absolute Gasteiger partial charge is 0.230 e. The maximum atomic E-state index is 12.9. The zero-order valence-corrected chi connectivity index (χ0v) is 24.7. The van der Waals surface area contributed by atoms with E-state index in [-0.39, 0.29) is 71.4 Å². The average Bonchev–Trinajstić information content (AvgIpc) is 2.89. The third kappa shape index (κ3) is 19.4. The lowest BCUT2D eigenvalue weighted by molar-refractivity contribution is -0.129. The van der Waals surface area contributed by atoms with E-state index in [2.05, 4.69) is 16.0 Å². The standard InChI is InChI=1S/C26H47N3O7S2/c1-4-20(9-5-7-11-28-25(35)17-37-15-22(32)14-30)23(33)13-21(19(2)31)10-6-8-12-29-26(36)18-38-16-24(34)27-3/h20-22,30,32H,4-18H2,1-3H3,(H,27,34)(H,28,35)(H,29,36)/t20-,21+,22?/m0/s1. The van der Waals surface area contributed by atoms with Crippen molar-refractivity contribution in [2.24, 2.45) is 11.8 Å². The van der Waals surface area contributed by atoms with Crippen molar-refractivity contribution < 1.29 is 34.2 Å². The van der Waals surface area contributed by atoms with E-state index in [1.807, 2.05) is 6.92 Å². The molecule has 0 bridgehead atoms. The topological polar surface area (TPSA) is 162 Å². The van der Waals surface area contributed by atoms with Crippen LogP contribution < -0.4 is 16.0 Å². The van der Waals surface area contributed by atoms with Gasteiger partial charge in [0.2, 0.25) is 17.7 Å². The Hall–Kier alpha value is -1.63. The first-order valence-electron chi connectivity index (χ1n) is 13.4. The van der Waals surface area contributed by atoms with Gasteiger partial charge in [-0.3, -0.25) is 24.0 Å². The van der Waals surface area contributed by atoms with Crippen LogP contribution in [0.1, 0.15) is 65.2 Å². The van der Waals surface area contributed by atoms with E-state index in [4.69, 9.17) is 5.11 Å². The maximum Gasteiger partial charge on any atom is 0.230 e. The number of aliphatic hydroxyl groups is 2. The van der Waals surface area contributed by atoms with Crippen molar-refractivity contribution in [1.29, 1.82) is 0 Å². The SMILES string of the molecule is CC[C@@H](CCCCNC(=O)CSCC(O)CO)C(=O)C[C@@H](CCCCNC(=O)CSCC(=O)NC)C(C)=O. The Kier molecular flexibility index (Phi) is 22.3. The van der Waals surface area contributed by atoms with Crippen molar-refractivity contribution in [2.45, 2.75) is 71.3 Å². The Labute approximate surface area is 235 Å². The number of hydrogen-bond acceptors (Lipinski definition) is 9. The fourth-order valence-electron chi connectivity index (χ4n) is 3.69. The molecule has 3 amide bonds. The Bertz CT molecular complexity index is 725. The van der Waals surface area contributed by atoms with Crippen LogP contribution in [0.25, 0.3) is 0 Å². The van der Waals surface area contributed by atoms with E-state index in [1.54, 1.807) is 7.05 Å². The molecule has 0 spiro atoms. The van der Waals surface area contributed by atoms with Crippen LogP contribution in [-0.4, -0.2) is 95.4 Å². The third-order valence-electron chi connectivity index (χ3n) is 6.07. The van der Waals surface area contributed by atoms with E-state index < -0.39 is 6.10 Å². The number of nitrogens with one attached hydrogen (secondary N) is 3. The van der Waals surface area contributed by atoms with Gasteiger partial charge in [-0.2, -0.15) is 0 Å². The molecule has 0 heterocycles. The molecule has 0 radical (unpaired) electrons. The molecule has 3 atom stereocenters. The molecule has 0 aliphatic rings. The maximum absolute atomic E-state index is 12.9. The lowest BCUT2D eigenvalue weighted by Crippen LogP contribution is -2.28. The molecule has 12 heteroatoms. The van der Waals surface area contributed by atoms with Crippen molar-refractivity contribution in [3.05, 3.63) is 0 Å².